The number of benzene rings is 1. The van der Waals surface area contributed by atoms with Crippen molar-refractivity contribution in [3.8, 4) is 0 Å². The lowest BCUT2D eigenvalue weighted by molar-refractivity contribution is 0.549. The molecule has 1 atom stereocenters. The highest BCUT2D eigenvalue weighted by Crippen LogP contribution is 2.42. The van der Waals surface area contributed by atoms with Crippen molar-refractivity contribution in [2.75, 3.05) is 0 Å². The van der Waals surface area contributed by atoms with Crippen molar-refractivity contribution in [2.45, 2.75) is 77.0 Å². The van der Waals surface area contributed by atoms with E-state index in [0.29, 0.717) is 0 Å². The molecule has 0 heteroatoms. The SMILES string of the molecule is CCCCCCC1CCc2ccc3c(c21)CCC3. The maximum atomic E-state index is 2.44. The minimum Gasteiger partial charge on any atom is -0.0654 e. The maximum absolute atomic E-state index is 2.44. The van der Waals surface area contributed by atoms with Gasteiger partial charge in [0.25, 0.3) is 0 Å². The lowest BCUT2D eigenvalue weighted by Crippen LogP contribution is -1.99. The first-order chi connectivity index (χ1) is 8.90. The van der Waals surface area contributed by atoms with E-state index in [1.807, 2.05) is 0 Å². The van der Waals surface area contributed by atoms with Crippen LogP contribution in [0.1, 0.15) is 80.0 Å². The van der Waals surface area contributed by atoms with E-state index in [2.05, 4.69) is 19.1 Å². The van der Waals surface area contributed by atoms with Crippen LogP contribution < -0.4 is 0 Å². The summed E-state index contributed by atoms with van der Waals surface area (Å²) in [6.07, 6.45) is 14.0. The van der Waals surface area contributed by atoms with Crippen molar-refractivity contribution in [1.29, 1.82) is 0 Å². The van der Waals surface area contributed by atoms with Crippen molar-refractivity contribution < 1.29 is 0 Å². The van der Waals surface area contributed by atoms with Gasteiger partial charge in [-0.3, -0.25) is 0 Å². The van der Waals surface area contributed by atoms with E-state index >= 15 is 0 Å². The van der Waals surface area contributed by atoms with Gasteiger partial charge in [0.1, 0.15) is 0 Å². The van der Waals surface area contributed by atoms with Gasteiger partial charge in [0.2, 0.25) is 0 Å². The fourth-order valence-corrected chi connectivity index (χ4v) is 4.05. The van der Waals surface area contributed by atoms with E-state index in [4.69, 9.17) is 0 Å². The van der Waals surface area contributed by atoms with Gasteiger partial charge < -0.3 is 0 Å². The van der Waals surface area contributed by atoms with Crippen molar-refractivity contribution in [3.63, 3.8) is 0 Å². The quantitative estimate of drug-likeness (QED) is 0.624. The summed E-state index contributed by atoms with van der Waals surface area (Å²) >= 11 is 0. The second-order valence-corrected chi connectivity index (χ2v) is 6.21. The van der Waals surface area contributed by atoms with Gasteiger partial charge >= 0.3 is 0 Å². The van der Waals surface area contributed by atoms with Gasteiger partial charge in [-0.05, 0) is 66.7 Å². The molecule has 2 aliphatic carbocycles. The molecule has 3 rings (SSSR count). The highest BCUT2D eigenvalue weighted by atomic mass is 14.3. The van der Waals surface area contributed by atoms with Crippen LogP contribution >= 0.6 is 0 Å². The molecule has 0 fully saturated rings. The minimum atomic E-state index is 0.907. The van der Waals surface area contributed by atoms with Crippen molar-refractivity contribution in [3.05, 3.63) is 34.4 Å². The Morgan fingerprint density at radius 2 is 1.89 bits per heavy atom. The summed E-state index contributed by atoms with van der Waals surface area (Å²) in [5.74, 6) is 0.907. The Hall–Kier alpha value is -0.780. The molecule has 0 heterocycles. The molecule has 2 aliphatic rings. The lowest BCUT2D eigenvalue weighted by atomic mass is 9.89. The van der Waals surface area contributed by atoms with Gasteiger partial charge in [0.15, 0.2) is 0 Å². The van der Waals surface area contributed by atoms with E-state index in [1.54, 1.807) is 22.3 Å². The number of fused-ring (bicyclic) bond motifs is 3. The predicted octanol–water partition coefficient (Wildman–Crippen LogP) is 5.18. The number of unbranched alkanes of at least 4 members (excludes halogenated alkanes) is 3. The third kappa shape index (κ3) is 2.22. The molecule has 0 saturated carbocycles. The zero-order valence-electron chi connectivity index (χ0n) is 11.8. The molecule has 1 aromatic carbocycles. The summed E-state index contributed by atoms with van der Waals surface area (Å²) in [4.78, 5) is 0. The molecular formula is C18H26. The van der Waals surface area contributed by atoms with Crippen LogP contribution in [0, 0.1) is 0 Å². The molecule has 98 valence electrons. The lowest BCUT2D eigenvalue weighted by Gasteiger charge is -2.15. The number of aryl methyl sites for hydroxylation is 2. The number of hydrogen-bond acceptors (Lipinski definition) is 0. The van der Waals surface area contributed by atoms with Gasteiger partial charge in [0.05, 0.1) is 0 Å². The summed E-state index contributed by atoms with van der Waals surface area (Å²) in [5, 5.41) is 0. The summed E-state index contributed by atoms with van der Waals surface area (Å²) in [6, 6.07) is 4.85. The van der Waals surface area contributed by atoms with E-state index in [1.165, 1.54) is 64.2 Å². The molecule has 1 unspecified atom stereocenters. The normalized spacial score (nSPS) is 21.1. The molecule has 0 N–H and O–H groups in total. The van der Waals surface area contributed by atoms with E-state index in [0.717, 1.165) is 5.92 Å². The third-order valence-electron chi connectivity index (χ3n) is 4.99. The fourth-order valence-electron chi connectivity index (χ4n) is 4.05. The van der Waals surface area contributed by atoms with Crippen LogP contribution in [-0.2, 0) is 19.3 Å². The number of hydrogen-bond donors (Lipinski definition) is 0. The molecule has 18 heavy (non-hydrogen) atoms. The van der Waals surface area contributed by atoms with Crippen LogP contribution in [0.4, 0.5) is 0 Å². The van der Waals surface area contributed by atoms with E-state index < -0.39 is 0 Å². The van der Waals surface area contributed by atoms with Gasteiger partial charge in [-0.25, -0.2) is 0 Å². The van der Waals surface area contributed by atoms with E-state index in [9.17, 15) is 0 Å². The van der Waals surface area contributed by atoms with Crippen molar-refractivity contribution >= 4 is 0 Å². The van der Waals surface area contributed by atoms with E-state index in [-0.39, 0.29) is 0 Å². The Balaban J connectivity index is 1.72. The largest absolute Gasteiger partial charge is 0.0654 e. The standard InChI is InChI=1S/C18H26/c1-2-3-4-5-7-15-12-13-16-11-10-14-8-6-9-17(14)18(15)16/h10-11,15H,2-9,12-13H2,1H3. The molecule has 0 radical (unpaired) electrons. The molecule has 0 saturated heterocycles. The first-order valence-corrected chi connectivity index (χ1v) is 8.03. The fraction of sp³-hybridized carbons (Fsp3) is 0.667. The highest BCUT2D eigenvalue weighted by molar-refractivity contribution is 5.48. The van der Waals surface area contributed by atoms with Gasteiger partial charge in [-0.1, -0.05) is 44.7 Å². The first-order valence-electron chi connectivity index (χ1n) is 8.03. The molecule has 0 amide bonds. The third-order valence-corrected chi connectivity index (χ3v) is 4.99. The zero-order valence-corrected chi connectivity index (χ0v) is 11.8. The van der Waals surface area contributed by atoms with Gasteiger partial charge in [-0.15, -0.1) is 0 Å². The monoisotopic (exact) mass is 242 g/mol. The first kappa shape index (κ1) is 12.3. The Morgan fingerprint density at radius 3 is 2.78 bits per heavy atom. The summed E-state index contributed by atoms with van der Waals surface area (Å²) in [7, 11) is 0. The minimum absolute atomic E-state index is 0.907. The zero-order chi connectivity index (χ0) is 12.4. The van der Waals surface area contributed by atoms with Crippen LogP contribution in [0.2, 0.25) is 0 Å². The molecule has 0 spiro atoms. The summed E-state index contributed by atoms with van der Waals surface area (Å²) < 4.78 is 0. The topological polar surface area (TPSA) is 0 Å². The molecular weight excluding hydrogens is 216 g/mol. The Bertz CT molecular complexity index is 416. The van der Waals surface area contributed by atoms with Crippen LogP contribution in [0.15, 0.2) is 12.1 Å². The maximum Gasteiger partial charge on any atom is -0.0153 e. The summed E-state index contributed by atoms with van der Waals surface area (Å²) in [6.45, 7) is 2.30. The summed E-state index contributed by atoms with van der Waals surface area (Å²) in [5.41, 5.74) is 6.94. The average molecular weight is 242 g/mol. The second-order valence-electron chi connectivity index (χ2n) is 6.21. The van der Waals surface area contributed by atoms with Crippen LogP contribution in [-0.4, -0.2) is 0 Å². The Labute approximate surface area is 112 Å². The van der Waals surface area contributed by atoms with Crippen molar-refractivity contribution in [2.24, 2.45) is 0 Å². The predicted molar refractivity (Wildman–Crippen MR) is 78.3 cm³/mol. The highest BCUT2D eigenvalue weighted by Gasteiger charge is 2.27. The molecule has 0 nitrogen and oxygen atoms in total. The second kappa shape index (κ2) is 5.47. The molecule has 0 aromatic heterocycles. The number of rotatable bonds is 5. The van der Waals surface area contributed by atoms with Crippen LogP contribution in [0.5, 0.6) is 0 Å². The Morgan fingerprint density at radius 1 is 1.00 bits per heavy atom. The smallest absolute Gasteiger partial charge is 0.0153 e. The van der Waals surface area contributed by atoms with Crippen molar-refractivity contribution in [1.82, 2.24) is 0 Å². The van der Waals surface area contributed by atoms with Gasteiger partial charge in [-0.2, -0.15) is 0 Å². The van der Waals surface area contributed by atoms with Gasteiger partial charge in [0, 0.05) is 0 Å². The molecule has 0 bridgehead atoms. The van der Waals surface area contributed by atoms with Crippen LogP contribution in [0.3, 0.4) is 0 Å². The molecule has 1 aromatic rings. The Kier molecular flexibility index (Phi) is 3.72. The molecule has 0 aliphatic heterocycles. The average Bonchev–Trinajstić information content (AvgIpc) is 3.00. The van der Waals surface area contributed by atoms with Crippen LogP contribution in [0.25, 0.3) is 0 Å².